The molecule has 2 bridgehead atoms. The van der Waals surface area contributed by atoms with Crippen molar-refractivity contribution in [3.05, 3.63) is 42.0 Å². The molecule has 4 rings (SSSR count). The number of allylic oxidation sites excluding steroid dienone is 2. The van der Waals surface area contributed by atoms with Gasteiger partial charge in [0.05, 0.1) is 0 Å². The normalized spacial score (nSPS) is 42.0. The van der Waals surface area contributed by atoms with Gasteiger partial charge in [0.25, 0.3) is 0 Å². The van der Waals surface area contributed by atoms with Crippen molar-refractivity contribution in [3.8, 4) is 5.75 Å². The molecule has 2 saturated carbocycles. The summed E-state index contributed by atoms with van der Waals surface area (Å²) in [5, 5.41) is 9.37. The Morgan fingerprint density at radius 2 is 1.82 bits per heavy atom. The van der Waals surface area contributed by atoms with E-state index in [1.807, 2.05) is 12.1 Å². The van der Waals surface area contributed by atoms with Crippen LogP contribution in [0.15, 0.2) is 36.4 Å². The molecule has 1 nitrogen and oxygen atoms in total. The van der Waals surface area contributed by atoms with Crippen molar-refractivity contribution in [2.75, 3.05) is 0 Å². The van der Waals surface area contributed by atoms with E-state index in [-0.39, 0.29) is 0 Å². The molecule has 0 unspecified atom stereocenters. The molecule has 17 heavy (non-hydrogen) atoms. The first-order valence-corrected chi connectivity index (χ1v) is 6.78. The minimum absolute atomic E-state index is 0.385. The number of fused-ring (bicyclic) bond motifs is 5. The second kappa shape index (κ2) is 3.38. The number of rotatable bonds is 1. The molecule has 5 atom stereocenters. The number of hydrogen-bond acceptors (Lipinski definition) is 1. The fraction of sp³-hybridized carbons (Fsp3) is 0.500. The van der Waals surface area contributed by atoms with E-state index in [2.05, 4.69) is 24.3 Å². The second-order valence-electron chi connectivity index (χ2n) is 6.00. The van der Waals surface area contributed by atoms with Gasteiger partial charge >= 0.3 is 0 Å². The Bertz CT molecular complexity index is 459. The maximum absolute atomic E-state index is 9.37. The third-order valence-electron chi connectivity index (χ3n) is 5.33. The predicted octanol–water partition coefficient (Wildman–Crippen LogP) is 3.71. The zero-order valence-corrected chi connectivity index (χ0v) is 9.92. The van der Waals surface area contributed by atoms with E-state index in [0.717, 1.165) is 29.6 Å². The van der Waals surface area contributed by atoms with Crippen molar-refractivity contribution in [3.63, 3.8) is 0 Å². The van der Waals surface area contributed by atoms with E-state index in [0.29, 0.717) is 5.75 Å². The van der Waals surface area contributed by atoms with Gasteiger partial charge in [0, 0.05) is 0 Å². The van der Waals surface area contributed by atoms with E-state index in [1.54, 1.807) is 0 Å². The van der Waals surface area contributed by atoms with E-state index in [9.17, 15) is 5.11 Å². The largest absolute Gasteiger partial charge is 0.508 e. The fourth-order valence-electron chi connectivity index (χ4n) is 4.65. The van der Waals surface area contributed by atoms with Crippen molar-refractivity contribution in [1.82, 2.24) is 0 Å². The van der Waals surface area contributed by atoms with Crippen LogP contribution < -0.4 is 0 Å². The van der Waals surface area contributed by atoms with Crippen LogP contribution in [0.5, 0.6) is 5.75 Å². The Labute approximate surface area is 102 Å². The lowest BCUT2D eigenvalue weighted by Crippen LogP contribution is -2.23. The van der Waals surface area contributed by atoms with Gasteiger partial charge in [-0.1, -0.05) is 24.3 Å². The highest BCUT2D eigenvalue weighted by Crippen LogP contribution is 2.61. The molecule has 1 heteroatoms. The number of phenolic OH excluding ortho intramolecular Hbond substituents is 1. The monoisotopic (exact) mass is 226 g/mol. The lowest BCUT2D eigenvalue weighted by atomic mass is 9.73. The summed E-state index contributed by atoms with van der Waals surface area (Å²) in [5.41, 5.74) is 1.44. The number of phenols is 1. The van der Waals surface area contributed by atoms with Crippen LogP contribution in [0.3, 0.4) is 0 Å². The molecule has 1 aromatic rings. The number of hydrogen-bond donors (Lipinski definition) is 1. The molecule has 0 aliphatic heterocycles. The summed E-state index contributed by atoms with van der Waals surface area (Å²) in [4.78, 5) is 0. The molecule has 0 heterocycles. The third-order valence-corrected chi connectivity index (χ3v) is 5.33. The Balaban J connectivity index is 1.65. The Hall–Kier alpha value is -1.24. The minimum Gasteiger partial charge on any atom is -0.508 e. The highest BCUT2D eigenvalue weighted by atomic mass is 16.3. The predicted molar refractivity (Wildman–Crippen MR) is 67.8 cm³/mol. The molecule has 0 saturated heterocycles. The Morgan fingerprint density at radius 1 is 1.00 bits per heavy atom. The van der Waals surface area contributed by atoms with Crippen LogP contribution in [-0.2, 0) is 0 Å². The highest BCUT2D eigenvalue weighted by Gasteiger charge is 2.52. The van der Waals surface area contributed by atoms with Crippen molar-refractivity contribution in [2.24, 2.45) is 23.7 Å². The average molecular weight is 226 g/mol. The average Bonchev–Trinajstić information content (AvgIpc) is 3.02. The van der Waals surface area contributed by atoms with Crippen LogP contribution in [0.2, 0.25) is 0 Å². The van der Waals surface area contributed by atoms with Crippen LogP contribution in [0.25, 0.3) is 0 Å². The van der Waals surface area contributed by atoms with Crippen LogP contribution >= 0.6 is 0 Å². The van der Waals surface area contributed by atoms with Crippen LogP contribution in [0.1, 0.15) is 30.7 Å². The fourth-order valence-corrected chi connectivity index (χ4v) is 4.65. The van der Waals surface area contributed by atoms with Gasteiger partial charge in [-0.25, -0.2) is 0 Å². The van der Waals surface area contributed by atoms with Gasteiger partial charge in [0.15, 0.2) is 0 Å². The maximum Gasteiger partial charge on any atom is 0.115 e. The zero-order valence-electron chi connectivity index (χ0n) is 9.92. The van der Waals surface area contributed by atoms with Gasteiger partial charge in [0.1, 0.15) is 5.75 Å². The molecule has 2 fully saturated rings. The molecule has 3 aliphatic carbocycles. The first kappa shape index (κ1) is 9.76. The van der Waals surface area contributed by atoms with E-state index in [4.69, 9.17) is 0 Å². The van der Waals surface area contributed by atoms with Gasteiger partial charge in [0.2, 0.25) is 0 Å². The summed E-state index contributed by atoms with van der Waals surface area (Å²) in [6, 6.07) is 7.91. The Morgan fingerprint density at radius 3 is 2.65 bits per heavy atom. The smallest absolute Gasteiger partial charge is 0.115 e. The van der Waals surface area contributed by atoms with Crippen LogP contribution in [0, 0.1) is 23.7 Å². The van der Waals surface area contributed by atoms with Gasteiger partial charge < -0.3 is 5.11 Å². The topological polar surface area (TPSA) is 20.2 Å². The van der Waals surface area contributed by atoms with Crippen molar-refractivity contribution >= 4 is 0 Å². The van der Waals surface area contributed by atoms with Gasteiger partial charge in [-0.3, -0.25) is 0 Å². The SMILES string of the molecule is Oc1ccc([C@H]2C[C@H]3C[C@H]2[C@H]2C=CC[C@H]32)cc1. The quantitative estimate of drug-likeness (QED) is 0.724. The first-order chi connectivity index (χ1) is 8.33. The summed E-state index contributed by atoms with van der Waals surface area (Å²) in [6.07, 6.45) is 9.01. The van der Waals surface area contributed by atoms with E-state index < -0.39 is 0 Å². The lowest BCUT2D eigenvalue weighted by molar-refractivity contribution is 0.257. The maximum atomic E-state index is 9.37. The second-order valence-corrected chi connectivity index (χ2v) is 6.00. The minimum atomic E-state index is 0.385. The zero-order chi connectivity index (χ0) is 11.4. The third kappa shape index (κ3) is 1.31. The lowest BCUT2D eigenvalue weighted by Gasteiger charge is -2.31. The Kier molecular flexibility index (Phi) is 1.94. The van der Waals surface area contributed by atoms with Crippen molar-refractivity contribution in [2.45, 2.75) is 25.2 Å². The summed E-state index contributed by atoms with van der Waals surface area (Å²) in [7, 11) is 0. The molecule has 88 valence electrons. The molecule has 0 spiro atoms. The summed E-state index contributed by atoms with van der Waals surface area (Å²) >= 11 is 0. The van der Waals surface area contributed by atoms with Crippen LogP contribution in [-0.4, -0.2) is 5.11 Å². The molecule has 0 amide bonds. The van der Waals surface area contributed by atoms with Crippen molar-refractivity contribution < 1.29 is 5.11 Å². The van der Waals surface area contributed by atoms with E-state index in [1.165, 1.54) is 24.8 Å². The molecule has 1 N–H and O–H groups in total. The number of benzene rings is 1. The first-order valence-electron chi connectivity index (χ1n) is 6.78. The summed E-state index contributed by atoms with van der Waals surface area (Å²) in [6.45, 7) is 0. The van der Waals surface area contributed by atoms with Gasteiger partial charge in [-0.05, 0) is 66.5 Å². The molecule has 1 aromatic carbocycles. The standard InChI is InChI=1S/C16H18O/c17-12-6-4-10(5-7-12)15-8-11-9-16(15)14-3-1-2-13(11)14/h1,3-7,11,13-17H,2,8-9H2/t11-,13+,14-,15+,16-/m0/s1. The van der Waals surface area contributed by atoms with E-state index >= 15 is 0 Å². The summed E-state index contributed by atoms with van der Waals surface area (Å²) < 4.78 is 0. The molecule has 0 aromatic heterocycles. The van der Waals surface area contributed by atoms with Crippen LogP contribution in [0.4, 0.5) is 0 Å². The highest BCUT2D eigenvalue weighted by molar-refractivity contribution is 5.31. The van der Waals surface area contributed by atoms with Crippen molar-refractivity contribution in [1.29, 1.82) is 0 Å². The molecule has 3 aliphatic rings. The molecule has 0 radical (unpaired) electrons. The molecular weight excluding hydrogens is 208 g/mol. The summed E-state index contributed by atoms with van der Waals surface area (Å²) in [5.74, 6) is 4.77. The molecular formula is C16H18O. The number of aromatic hydroxyl groups is 1. The van der Waals surface area contributed by atoms with Gasteiger partial charge in [-0.2, -0.15) is 0 Å². The van der Waals surface area contributed by atoms with Gasteiger partial charge in [-0.15, -0.1) is 0 Å².